The molecule has 2 amide bonds. The van der Waals surface area contributed by atoms with Crippen LogP contribution in [-0.2, 0) is 0 Å². The second-order valence-electron chi connectivity index (χ2n) is 5.32. The first-order chi connectivity index (χ1) is 10.9. The van der Waals surface area contributed by atoms with E-state index in [1.54, 1.807) is 6.07 Å². The van der Waals surface area contributed by atoms with E-state index >= 15 is 0 Å². The molecule has 0 saturated carbocycles. The summed E-state index contributed by atoms with van der Waals surface area (Å²) in [4.78, 5) is 11.8. The van der Waals surface area contributed by atoms with Crippen LogP contribution in [0, 0.1) is 25.5 Å². The normalized spacial score (nSPS) is 11.9. The van der Waals surface area contributed by atoms with Gasteiger partial charge in [-0.3, -0.25) is 0 Å². The molecule has 0 heterocycles. The van der Waals surface area contributed by atoms with Crippen molar-refractivity contribution in [1.29, 1.82) is 0 Å². The Labute approximate surface area is 133 Å². The summed E-state index contributed by atoms with van der Waals surface area (Å²) in [6.07, 6.45) is -1.26. The van der Waals surface area contributed by atoms with Gasteiger partial charge in [0.25, 0.3) is 0 Å². The van der Waals surface area contributed by atoms with Gasteiger partial charge in [0.05, 0.1) is 6.10 Å². The van der Waals surface area contributed by atoms with Crippen molar-refractivity contribution in [2.45, 2.75) is 20.0 Å². The molecule has 4 nitrogen and oxygen atoms in total. The molecule has 6 heteroatoms. The predicted octanol–water partition coefficient (Wildman–Crippen LogP) is 3.44. The van der Waals surface area contributed by atoms with Crippen LogP contribution in [-0.4, -0.2) is 17.7 Å². The van der Waals surface area contributed by atoms with Gasteiger partial charge >= 0.3 is 6.03 Å². The maximum atomic E-state index is 13.5. The van der Waals surface area contributed by atoms with Gasteiger partial charge < -0.3 is 15.7 Å². The van der Waals surface area contributed by atoms with Gasteiger partial charge in [0.2, 0.25) is 0 Å². The highest BCUT2D eigenvalue weighted by Gasteiger charge is 2.14. The third-order valence-electron chi connectivity index (χ3n) is 3.54. The Morgan fingerprint density at radius 1 is 1.13 bits per heavy atom. The van der Waals surface area contributed by atoms with E-state index < -0.39 is 23.8 Å². The Morgan fingerprint density at radius 3 is 2.52 bits per heavy atom. The van der Waals surface area contributed by atoms with Crippen molar-refractivity contribution in [1.82, 2.24) is 5.32 Å². The molecule has 3 N–H and O–H groups in total. The van der Waals surface area contributed by atoms with Gasteiger partial charge in [0.1, 0.15) is 11.6 Å². The molecule has 0 unspecified atom stereocenters. The zero-order valence-corrected chi connectivity index (χ0v) is 12.9. The number of amides is 2. The number of rotatable bonds is 4. The van der Waals surface area contributed by atoms with Gasteiger partial charge in [-0.2, -0.15) is 0 Å². The zero-order chi connectivity index (χ0) is 17.0. The van der Waals surface area contributed by atoms with Gasteiger partial charge in [0, 0.05) is 23.9 Å². The van der Waals surface area contributed by atoms with E-state index in [4.69, 9.17) is 0 Å². The minimum atomic E-state index is -1.26. The molecule has 2 rings (SSSR count). The lowest BCUT2D eigenvalue weighted by Crippen LogP contribution is -2.32. The van der Waals surface area contributed by atoms with Crippen LogP contribution in [0.5, 0.6) is 0 Å². The van der Waals surface area contributed by atoms with Gasteiger partial charge in [-0.05, 0) is 43.2 Å². The maximum Gasteiger partial charge on any atom is 0.319 e. The summed E-state index contributed by atoms with van der Waals surface area (Å²) in [7, 11) is 0. The molecule has 0 fully saturated rings. The molecule has 0 saturated heterocycles. The summed E-state index contributed by atoms with van der Waals surface area (Å²) >= 11 is 0. The number of benzene rings is 2. The van der Waals surface area contributed by atoms with Crippen molar-refractivity contribution >= 4 is 11.7 Å². The van der Waals surface area contributed by atoms with Crippen LogP contribution in [0.15, 0.2) is 36.4 Å². The molecule has 0 spiro atoms. The number of halogens is 2. The van der Waals surface area contributed by atoms with Gasteiger partial charge in [0.15, 0.2) is 0 Å². The Kier molecular flexibility index (Phi) is 5.28. The topological polar surface area (TPSA) is 61.4 Å². The van der Waals surface area contributed by atoms with E-state index in [9.17, 15) is 18.7 Å². The third-order valence-corrected chi connectivity index (χ3v) is 3.54. The van der Waals surface area contributed by atoms with Crippen molar-refractivity contribution in [3.05, 3.63) is 64.7 Å². The van der Waals surface area contributed by atoms with Crippen LogP contribution in [0.3, 0.4) is 0 Å². The number of hydrogen-bond acceptors (Lipinski definition) is 2. The summed E-state index contributed by atoms with van der Waals surface area (Å²) in [5.74, 6) is -1.58. The van der Waals surface area contributed by atoms with Crippen molar-refractivity contribution in [3.63, 3.8) is 0 Å². The largest absolute Gasteiger partial charge is 0.386 e. The molecule has 122 valence electrons. The van der Waals surface area contributed by atoms with Crippen molar-refractivity contribution in [2.75, 3.05) is 11.9 Å². The number of aryl methyl sites for hydroxylation is 2. The number of aliphatic hydroxyl groups excluding tert-OH is 1. The SMILES string of the molecule is Cc1ccc(NC(=O)NC[C@H](O)c2ccc(F)cc2F)cc1C. The van der Waals surface area contributed by atoms with E-state index in [2.05, 4.69) is 10.6 Å². The van der Waals surface area contributed by atoms with E-state index in [0.717, 1.165) is 23.3 Å². The van der Waals surface area contributed by atoms with Gasteiger partial charge in [-0.15, -0.1) is 0 Å². The first-order valence-electron chi connectivity index (χ1n) is 7.12. The number of anilines is 1. The highest BCUT2D eigenvalue weighted by atomic mass is 19.1. The highest BCUT2D eigenvalue weighted by Crippen LogP contribution is 2.18. The lowest BCUT2D eigenvalue weighted by molar-refractivity contribution is 0.170. The van der Waals surface area contributed by atoms with E-state index in [1.807, 2.05) is 26.0 Å². The Hall–Kier alpha value is -2.47. The lowest BCUT2D eigenvalue weighted by Gasteiger charge is -2.14. The lowest BCUT2D eigenvalue weighted by atomic mass is 10.1. The summed E-state index contributed by atoms with van der Waals surface area (Å²) in [5.41, 5.74) is 2.69. The summed E-state index contributed by atoms with van der Waals surface area (Å²) in [6.45, 7) is 3.70. The molecule has 0 aromatic heterocycles. The van der Waals surface area contributed by atoms with Crippen molar-refractivity contribution in [3.8, 4) is 0 Å². The molecule has 23 heavy (non-hydrogen) atoms. The maximum absolute atomic E-state index is 13.5. The monoisotopic (exact) mass is 320 g/mol. The van der Waals surface area contributed by atoms with Crippen molar-refractivity contribution in [2.24, 2.45) is 0 Å². The number of urea groups is 1. The number of aliphatic hydroxyl groups is 1. The van der Waals surface area contributed by atoms with Crippen molar-refractivity contribution < 1.29 is 18.7 Å². The molecule has 2 aromatic carbocycles. The first kappa shape index (κ1) is 16.9. The molecular weight excluding hydrogens is 302 g/mol. The van der Waals surface area contributed by atoms with Crippen LogP contribution in [0.4, 0.5) is 19.3 Å². The molecule has 0 aliphatic heterocycles. The quantitative estimate of drug-likeness (QED) is 0.808. The third kappa shape index (κ3) is 4.50. The van der Waals surface area contributed by atoms with E-state index in [0.29, 0.717) is 11.8 Å². The number of carbonyl (C=O) groups excluding carboxylic acids is 1. The average molecular weight is 320 g/mol. The summed E-state index contributed by atoms with van der Waals surface area (Å²) in [5, 5.41) is 15.0. The van der Waals surface area contributed by atoms with E-state index in [-0.39, 0.29) is 12.1 Å². The minimum absolute atomic E-state index is 0.0714. The molecular formula is C17H18F2N2O2. The second kappa shape index (κ2) is 7.19. The van der Waals surface area contributed by atoms with Crippen LogP contribution in [0.2, 0.25) is 0 Å². The van der Waals surface area contributed by atoms with Gasteiger partial charge in [-0.25, -0.2) is 13.6 Å². The molecule has 2 aromatic rings. The number of hydrogen-bond donors (Lipinski definition) is 3. The number of nitrogens with one attached hydrogen (secondary N) is 2. The smallest absolute Gasteiger partial charge is 0.319 e. The first-order valence-corrected chi connectivity index (χ1v) is 7.12. The fourth-order valence-corrected chi connectivity index (χ4v) is 2.07. The van der Waals surface area contributed by atoms with Crippen LogP contribution in [0.25, 0.3) is 0 Å². The highest BCUT2D eigenvalue weighted by molar-refractivity contribution is 5.89. The molecule has 0 aliphatic rings. The standard InChI is InChI=1S/C17H18F2N2O2/c1-10-3-5-13(7-11(10)2)21-17(23)20-9-16(22)14-6-4-12(18)8-15(14)19/h3-8,16,22H,9H2,1-2H3,(H2,20,21,23)/t16-/m0/s1. The van der Waals surface area contributed by atoms with Crippen LogP contribution >= 0.6 is 0 Å². The second-order valence-corrected chi connectivity index (χ2v) is 5.32. The predicted molar refractivity (Wildman–Crippen MR) is 84.3 cm³/mol. The minimum Gasteiger partial charge on any atom is -0.386 e. The fourth-order valence-electron chi connectivity index (χ4n) is 2.07. The molecule has 0 bridgehead atoms. The Morgan fingerprint density at radius 2 is 1.87 bits per heavy atom. The zero-order valence-electron chi connectivity index (χ0n) is 12.9. The summed E-state index contributed by atoms with van der Waals surface area (Å²) in [6, 6.07) is 7.84. The fraction of sp³-hybridized carbons (Fsp3) is 0.235. The Bertz CT molecular complexity index is 720. The summed E-state index contributed by atoms with van der Waals surface area (Å²) < 4.78 is 26.4. The van der Waals surface area contributed by atoms with Gasteiger partial charge in [-0.1, -0.05) is 12.1 Å². The molecule has 1 atom stereocenters. The number of carbonyl (C=O) groups is 1. The average Bonchev–Trinajstić information content (AvgIpc) is 2.48. The van der Waals surface area contributed by atoms with Crippen LogP contribution < -0.4 is 10.6 Å². The van der Waals surface area contributed by atoms with Crippen LogP contribution in [0.1, 0.15) is 22.8 Å². The van der Waals surface area contributed by atoms with E-state index in [1.165, 1.54) is 0 Å². The molecule has 0 radical (unpaired) electrons. The molecule has 0 aliphatic carbocycles. The Balaban J connectivity index is 1.91.